The van der Waals surface area contributed by atoms with Crippen molar-refractivity contribution in [2.24, 2.45) is 5.92 Å². The van der Waals surface area contributed by atoms with Crippen LogP contribution in [0.1, 0.15) is 45.6 Å². The molecule has 2 aromatic rings. The van der Waals surface area contributed by atoms with Gasteiger partial charge in [-0.1, -0.05) is 13.0 Å². The number of halogens is 1. The molecule has 0 spiro atoms. The molecule has 1 aromatic heterocycles. The van der Waals surface area contributed by atoms with Crippen molar-refractivity contribution in [3.8, 4) is 11.4 Å². The highest BCUT2D eigenvalue weighted by Crippen LogP contribution is 2.52. The van der Waals surface area contributed by atoms with Gasteiger partial charge < -0.3 is 15.0 Å². The fraction of sp³-hybridized carbons (Fsp3) is 0.522. The van der Waals surface area contributed by atoms with Gasteiger partial charge in [0.15, 0.2) is 11.6 Å². The summed E-state index contributed by atoms with van der Waals surface area (Å²) in [4.78, 5) is 23.4. The molecule has 30 heavy (non-hydrogen) atoms. The third-order valence-electron chi connectivity index (χ3n) is 6.55. The fourth-order valence-electron chi connectivity index (χ4n) is 5.25. The molecule has 7 heteroatoms. The Bertz CT molecular complexity index is 935. The van der Waals surface area contributed by atoms with E-state index in [4.69, 9.17) is 4.74 Å². The molecule has 2 aliphatic rings. The molecule has 6 nitrogen and oxygen atoms in total. The molecule has 2 fully saturated rings. The summed E-state index contributed by atoms with van der Waals surface area (Å²) < 4.78 is 19.1. The maximum absolute atomic E-state index is 13.3. The Balaban J connectivity index is 1.56. The number of hydrogen-bond donors (Lipinski definition) is 1. The molecule has 160 valence electrons. The van der Waals surface area contributed by atoms with Gasteiger partial charge in [-0.25, -0.2) is 19.2 Å². The third kappa shape index (κ3) is 3.55. The van der Waals surface area contributed by atoms with E-state index in [9.17, 15) is 9.18 Å². The van der Waals surface area contributed by atoms with E-state index in [1.807, 2.05) is 36.9 Å². The first-order valence-corrected chi connectivity index (χ1v) is 10.6. The minimum atomic E-state index is -0.479. The number of carbonyl (C=O) groups excluding carboxylic acids is 1. The normalized spacial score (nSPS) is 26.1. The van der Waals surface area contributed by atoms with Crippen LogP contribution in [-0.4, -0.2) is 45.2 Å². The highest BCUT2D eigenvalue weighted by atomic mass is 19.1. The number of hydrogen-bond acceptors (Lipinski definition) is 4. The van der Waals surface area contributed by atoms with Crippen LogP contribution in [0.5, 0.6) is 0 Å². The van der Waals surface area contributed by atoms with Crippen molar-refractivity contribution in [2.45, 2.75) is 64.6 Å². The molecule has 1 aliphatic heterocycles. The van der Waals surface area contributed by atoms with Gasteiger partial charge >= 0.3 is 6.03 Å². The number of aryl methyl sites for hydroxylation is 1. The number of aromatic nitrogens is 2. The van der Waals surface area contributed by atoms with E-state index in [-0.39, 0.29) is 23.7 Å². The number of benzene rings is 1. The summed E-state index contributed by atoms with van der Waals surface area (Å²) in [5.41, 5.74) is 2.15. The quantitative estimate of drug-likeness (QED) is 0.767. The van der Waals surface area contributed by atoms with Crippen molar-refractivity contribution in [2.75, 3.05) is 11.9 Å². The van der Waals surface area contributed by atoms with E-state index in [0.29, 0.717) is 24.0 Å². The summed E-state index contributed by atoms with van der Waals surface area (Å²) in [5.74, 6) is 0.534. The predicted octanol–water partition coefficient (Wildman–Crippen LogP) is 4.79. The number of likely N-dealkylation sites (tertiary alicyclic amines) is 1. The molecule has 2 heterocycles. The highest BCUT2D eigenvalue weighted by molar-refractivity contribution is 5.92. The summed E-state index contributed by atoms with van der Waals surface area (Å²) in [6.45, 7) is 8.90. The first kappa shape index (κ1) is 20.7. The number of ether oxygens (including phenoxy) is 1. The number of anilines is 1. The molecule has 1 saturated carbocycles. The minimum absolute atomic E-state index is 0.00607. The van der Waals surface area contributed by atoms with Crippen LogP contribution in [0.2, 0.25) is 0 Å². The van der Waals surface area contributed by atoms with Crippen molar-refractivity contribution in [1.29, 1.82) is 0 Å². The number of piperidine rings is 1. The summed E-state index contributed by atoms with van der Waals surface area (Å²) in [6, 6.07) is 5.78. The number of urea groups is 1. The molecular formula is C23H29FN4O2. The standard InChI is InChI=1S/C23H29FN4O2/c1-5-30-16(4)23-10-14(2)8-19(11-23)28(23)22(29)27-18-7-6-15(3)20(9-18)21-25-12-17(24)13-26-21/h6-7,9,12-14,16,19H,5,8,10-11H2,1-4H3,(H,27,29)/t14-,16-,19+,23-/m1/s1. The Kier molecular flexibility index (Phi) is 5.49. The number of nitrogens with one attached hydrogen (secondary N) is 1. The smallest absolute Gasteiger partial charge is 0.322 e. The van der Waals surface area contributed by atoms with Crippen LogP contribution < -0.4 is 5.32 Å². The lowest BCUT2D eigenvalue weighted by Crippen LogP contribution is -2.76. The first-order chi connectivity index (χ1) is 14.3. The molecule has 2 amide bonds. The summed E-state index contributed by atoms with van der Waals surface area (Å²) >= 11 is 0. The van der Waals surface area contributed by atoms with Gasteiger partial charge in [0.05, 0.1) is 24.0 Å². The third-order valence-corrected chi connectivity index (χ3v) is 6.55. The highest BCUT2D eigenvalue weighted by Gasteiger charge is 2.61. The number of carbonyl (C=O) groups is 1. The molecule has 1 aliphatic carbocycles. The summed E-state index contributed by atoms with van der Waals surface area (Å²) in [5, 5.41) is 3.06. The Morgan fingerprint density at radius 1 is 1.37 bits per heavy atom. The van der Waals surface area contributed by atoms with Crippen LogP contribution in [-0.2, 0) is 4.74 Å². The Morgan fingerprint density at radius 3 is 2.80 bits per heavy atom. The van der Waals surface area contributed by atoms with E-state index in [1.165, 1.54) is 0 Å². The van der Waals surface area contributed by atoms with Crippen molar-refractivity contribution in [3.63, 3.8) is 0 Å². The molecule has 0 radical (unpaired) electrons. The van der Waals surface area contributed by atoms with Crippen LogP contribution in [0.3, 0.4) is 0 Å². The molecule has 4 atom stereocenters. The number of nitrogens with zero attached hydrogens (tertiary/aromatic N) is 3. The Morgan fingerprint density at radius 2 is 2.10 bits per heavy atom. The van der Waals surface area contributed by atoms with Gasteiger partial charge in [0, 0.05) is 23.9 Å². The zero-order valence-electron chi connectivity index (χ0n) is 18.0. The van der Waals surface area contributed by atoms with Gasteiger partial charge in [-0.3, -0.25) is 0 Å². The number of rotatable bonds is 5. The zero-order chi connectivity index (χ0) is 21.5. The molecule has 2 bridgehead atoms. The minimum Gasteiger partial charge on any atom is -0.376 e. The lowest BCUT2D eigenvalue weighted by Gasteiger charge is -2.65. The molecule has 0 unspecified atom stereocenters. The Labute approximate surface area is 176 Å². The second-order valence-electron chi connectivity index (χ2n) is 8.66. The van der Waals surface area contributed by atoms with E-state index >= 15 is 0 Å². The first-order valence-electron chi connectivity index (χ1n) is 10.6. The second kappa shape index (κ2) is 7.95. The van der Waals surface area contributed by atoms with Gasteiger partial charge in [-0.2, -0.15) is 0 Å². The molecule has 4 rings (SSSR count). The van der Waals surface area contributed by atoms with Crippen molar-refractivity contribution >= 4 is 11.7 Å². The van der Waals surface area contributed by atoms with E-state index in [1.54, 1.807) is 0 Å². The second-order valence-corrected chi connectivity index (χ2v) is 8.66. The van der Waals surface area contributed by atoms with Crippen molar-refractivity contribution < 1.29 is 13.9 Å². The van der Waals surface area contributed by atoms with Gasteiger partial charge in [-0.15, -0.1) is 0 Å². The number of amides is 2. The largest absolute Gasteiger partial charge is 0.376 e. The fourth-order valence-corrected chi connectivity index (χ4v) is 5.25. The van der Waals surface area contributed by atoms with E-state index in [0.717, 1.165) is 42.8 Å². The maximum atomic E-state index is 13.3. The number of fused-ring (bicyclic) bond motifs is 2. The molecule has 1 saturated heterocycles. The van der Waals surface area contributed by atoms with Crippen LogP contribution in [0.25, 0.3) is 11.4 Å². The lowest BCUT2D eigenvalue weighted by molar-refractivity contribution is -0.162. The topological polar surface area (TPSA) is 67.3 Å². The molecule has 1 aromatic carbocycles. The van der Waals surface area contributed by atoms with Gasteiger partial charge in [-0.05, 0) is 63.6 Å². The van der Waals surface area contributed by atoms with Crippen molar-refractivity contribution in [3.05, 3.63) is 42.0 Å². The molecule has 1 N–H and O–H groups in total. The van der Waals surface area contributed by atoms with Crippen molar-refractivity contribution in [1.82, 2.24) is 14.9 Å². The van der Waals surface area contributed by atoms with E-state index < -0.39 is 5.82 Å². The Hall–Kier alpha value is -2.54. The van der Waals surface area contributed by atoms with Gasteiger partial charge in [0.2, 0.25) is 0 Å². The van der Waals surface area contributed by atoms with Crippen LogP contribution in [0.4, 0.5) is 14.9 Å². The zero-order valence-corrected chi connectivity index (χ0v) is 18.0. The SMILES string of the molecule is CCO[C@H](C)[C@@]12C[C@H](C)C[C@@H](C1)N2C(=O)Nc1ccc(C)c(-c2ncc(F)cn2)c1. The van der Waals surface area contributed by atoms with Gasteiger partial charge in [0.25, 0.3) is 0 Å². The predicted molar refractivity (Wildman–Crippen MR) is 114 cm³/mol. The summed E-state index contributed by atoms with van der Waals surface area (Å²) in [6.07, 6.45) is 5.27. The van der Waals surface area contributed by atoms with E-state index in [2.05, 4.69) is 29.1 Å². The summed E-state index contributed by atoms with van der Waals surface area (Å²) in [7, 11) is 0. The average Bonchev–Trinajstić information content (AvgIpc) is 2.69. The van der Waals surface area contributed by atoms with Crippen LogP contribution in [0, 0.1) is 18.7 Å². The molecular weight excluding hydrogens is 383 g/mol. The van der Waals surface area contributed by atoms with Gasteiger partial charge in [0.1, 0.15) is 0 Å². The van der Waals surface area contributed by atoms with Crippen LogP contribution >= 0.6 is 0 Å². The lowest BCUT2D eigenvalue weighted by atomic mass is 9.62. The maximum Gasteiger partial charge on any atom is 0.322 e. The average molecular weight is 413 g/mol. The monoisotopic (exact) mass is 412 g/mol. The van der Waals surface area contributed by atoms with Crippen LogP contribution in [0.15, 0.2) is 30.6 Å².